The topological polar surface area (TPSA) is 67.2 Å². The third-order valence-corrected chi connectivity index (χ3v) is 6.58. The van der Waals surface area contributed by atoms with Gasteiger partial charge in [0.25, 0.3) is 5.91 Å². The van der Waals surface area contributed by atoms with Gasteiger partial charge >= 0.3 is 0 Å². The predicted molar refractivity (Wildman–Crippen MR) is 135 cm³/mol. The van der Waals surface area contributed by atoms with Crippen LogP contribution in [-0.4, -0.2) is 39.4 Å². The zero-order valence-corrected chi connectivity index (χ0v) is 19.5. The number of likely N-dealkylation sites (tertiary alicyclic amines) is 1. The minimum Gasteiger partial charge on any atom is -0.350 e. The maximum Gasteiger partial charge on any atom is 0.253 e. The van der Waals surface area contributed by atoms with Crippen molar-refractivity contribution in [3.05, 3.63) is 84.2 Å². The van der Waals surface area contributed by atoms with E-state index < -0.39 is 0 Å². The van der Waals surface area contributed by atoms with Gasteiger partial charge < -0.3 is 14.8 Å². The number of hydrogen-bond acceptors (Lipinski definition) is 3. The van der Waals surface area contributed by atoms with Gasteiger partial charge in [-0.15, -0.1) is 0 Å². The number of carbonyl (C=O) groups excluding carboxylic acids is 2. The van der Waals surface area contributed by atoms with Gasteiger partial charge in [-0.3, -0.25) is 9.59 Å². The summed E-state index contributed by atoms with van der Waals surface area (Å²) in [6.07, 6.45) is 5.20. The van der Waals surface area contributed by atoms with E-state index in [0.717, 1.165) is 22.0 Å². The lowest BCUT2D eigenvalue weighted by Crippen LogP contribution is -2.41. The lowest BCUT2D eigenvalue weighted by Gasteiger charge is -2.31. The molecule has 34 heavy (non-hydrogen) atoms. The van der Waals surface area contributed by atoms with E-state index in [9.17, 15) is 9.59 Å². The van der Waals surface area contributed by atoms with Crippen LogP contribution in [0.5, 0.6) is 0 Å². The second kappa shape index (κ2) is 9.14. The summed E-state index contributed by atoms with van der Waals surface area (Å²) >= 11 is 0. The van der Waals surface area contributed by atoms with Crippen molar-refractivity contribution in [2.75, 3.05) is 18.4 Å². The molecule has 2 amide bonds. The van der Waals surface area contributed by atoms with Crippen molar-refractivity contribution in [3.8, 4) is 11.3 Å². The number of carbonyl (C=O) groups is 2. The molecule has 5 rings (SSSR count). The van der Waals surface area contributed by atoms with Crippen LogP contribution in [0, 0.1) is 12.8 Å². The lowest BCUT2D eigenvalue weighted by atomic mass is 9.95. The predicted octanol–water partition coefficient (Wildman–Crippen LogP) is 5.04. The average Bonchev–Trinajstić information content (AvgIpc) is 3.21. The number of nitrogens with one attached hydrogen (secondary N) is 1. The van der Waals surface area contributed by atoms with Crippen molar-refractivity contribution >= 4 is 28.4 Å². The van der Waals surface area contributed by atoms with Crippen molar-refractivity contribution in [3.63, 3.8) is 0 Å². The maximum absolute atomic E-state index is 12.9. The summed E-state index contributed by atoms with van der Waals surface area (Å²) < 4.78 is 2.12. The number of anilines is 1. The highest BCUT2D eigenvalue weighted by molar-refractivity contribution is 5.96. The molecule has 1 N–H and O–H groups in total. The van der Waals surface area contributed by atoms with Crippen LogP contribution in [-0.2, 0) is 11.8 Å². The van der Waals surface area contributed by atoms with Crippen LogP contribution < -0.4 is 5.32 Å². The van der Waals surface area contributed by atoms with E-state index in [0.29, 0.717) is 37.3 Å². The van der Waals surface area contributed by atoms with Crippen LogP contribution in [0.25, 0.3) is 22.0 Å². The Morgan fingerprint density at radius 2 is 1.74 bits per heavy atom. The van der Waals surface area contributed by atoms with Crippen molar-refractivity contribution in [1.82, 2.24) is 14.5 Å². The van der Waals surface area contributed by atoms with Crippen molar-refractivity contribution in [1.29, 1.82) is 0 Å². The first-order valence-electron chi connectivity index (χ1n) is 11.7. The van der Waals surface area contributed by atoms with E-state index in [1.54, 1.807) is 6.20 Å². The molecule has 3 heterocycles. The summed E-state index contributed by atoms with van der Waals surface area (Å²) in [7, 11) is 2.05. The van der Waals surface area contributed by atoms with Gasteiger partial charge in [-0.1, -0.05) is 30.3 Å². The Kier molecular flexibility index (Phi) is 5.88. The van der Waals surface area contributed by atoms with Crippen LogP contribution in [0.1, 0.15) is 28.8 Å². The molecular formula is C28H28N4O2. The number of nitrogens with zero attached hydrogens (tertiary/aromatic N) is 3. The van der Waals surface area contributed by atoms with Gasteiger partial charge in [0.1, 0.15) is 5.82 Å². The molecule has 172 valence electrons. The third kappa shape index (κ3) is 4.44. The molecule has 0 aliphatic carbocycles. The highest BCUT2D eigenvalue weighted by Gasteiger charge is 2.28. The fourth-order valence-corrected chi connectivity index (χ4v) is 4.72. The molecule has 6 nitrogen and oxygen atoms in total. The maximum atomic E-state index is 12.9. The number of fused-ring (bicyclic) bond motifs is 1. The summed E-state index contributed by atoms with van der Waals surface area (Å²) in [5.74, 6) is 0.420. The Labute approximate surface area is 199 Å². The number of pyridine rings is 1. The fraction of sp³-hybridized carbons (Fsp3) is 0.250. The highest BCUT2D eigenvalue weighted by atomic mass is 16.2. The molecule has 0 radical (unpaired) electrons. The summed E-state index contributed by atoms with van der Waals surface area (Å²) in [6.45, 7) is 3.25. The van der Waals surface area contributed by atoms with E-state index in [2.05, 4.69) is 52.3 Å². The number of aromatic nitrogens is 2. The van der Waals surface area contributed by atoms with Crippen LogP contribution in [0.15, 0.2) is 73.1 Å². The zero-order valence-electron chi connectivity index (χ0n) is 19.5. The second-order valence-electron chi connectivity index (χ2n) is 9.07. The average molecular weight is 453 g/mol. The normalized spacial score (nSPS) is 14.4. The van der Waals surface area contributed by atoms with E-state index >= 15 is 0 Å². The Balaban J connectivity index is 1.25. The monoisotopic (exact) mass is 452 g/mol. The molecule has 1 aliphatic heterocycles. The molecule has 4 aromatic rings. The molecule has 1 aliphatic rings. The highest BCUT2D eigenvalue weighted by Crippen LogP contribution is 2.27. The van der Waals surface area contributed by atoms with Crippen LogP contribution >= 0.6 is 0 Å². The Morgan fingerprint density at radius 3 is 2.44 bits per heavy atom. The molecule has 0 saturated carbocycles. The van der Waals surface area contributed by atoms with E-state index in [4.69, 9.17) is 0 Å². The molecule has 0 bridgehead atoms. The Hall–Kier alpha value is -3.93. The molecule has 2 aromatic carbocycles. The quantitative estimate of drug-likeness (QED) is 0.472. The summed E-state index contributed by atoms with van der Waals surface area (Å²) in [5, 5.41) is 5.06. The summed E-state index contributed by atoms with van der Waals surface area (Å²) in [4.78, 5) is 31.9. The molecule has 6 heteroatoms. The van der Waals surface area contributed by atoms with Gasteiger partial charge in [-0.05, 0) is 66.6 Å². The number of hydrogen-bond donors (Lipinski definition) is 1. The van der Waals surface area contributed by atoms with Crippen LogP contribution in [0.2, 0.25) is 0 Å². The standard InChI is InChI=1S/C28H28N4O2/c1-19-14-25(31(2)18-19)22-8-9-23-17-29-26(16-24(23)15-22)30-27(33)20-10-12-32(13-11-20)28(34)21-6-4-3-5-7-21/h3-9,14-18,20H,10-13H2,1-2H3,(H,29,30,33). The SMILES string of the molecule is Cc1cc(-c2ccc3cnc(NC(=O)C4CCN(C(=O)c5ccccc5)CC4)cc3c2)n(C)c1. The summed E-state index contributed by atoms with van der Waals surface area (Å²) in [5.41, 5.74) is 4.19. The lowest BCUT2D eigenvalue weighted by molar-refractivity contribution is -0.121. The number of amides is 2. The zero-order chi connectivity index (χ0) is 23.7. The fourth-order valence-electron chi connectivity index (χ4n) is 4.72. The molecule has 2 aromatic heterocycles. The molecule has 1 saturated heterocycles. The third-order valence-electron chi connectivity index (χ3n) is 6.58. The largest absolute Gasteiger partial charge is 0.350 e. The van der Waals surface area contributed by atoms with Gasteiger partial charge in [0.15, 0.2) is 0 Å². The molecule has 0 atom stereocenters. The van der Waals surface area contributed by atoms with Gasteiger partial charge in [0.2, 0.25) is 5.91 Å². The minimum absolute atomic E-state index is 0.0277. The number of aryl methyl sites for hydroxylation is 2. The van der Waals surface area contributed by atoms with Crippen molar-refractivity contribution in [2.24, 2.45) is 13.0 Å². The Morgan fingerprint density at radius 1 is 0.971 bits per heavy atom. The Bertz CT molecular complexity index is 1350. The van der Waals surface area contributed by atoms with Crippen molar-refractivity contribution in [2.45, 2.75) is 19.8 Å². The van der Waals surface area contributed by atoms with Gasteiger partial charge in [-0.25, -0.2) is 4.98 Å². The molecule has 1 fully saturated rings. The van der Waals surface area contributed by atoms with E-state index in [-0.39, 0.29) is 17.7 Å². The van der Waals surface area contributed by atoms with Gasteiger partial charge in [0.05, 0.1) is 0 Å². The molecular weight excluding hydrogens is 424 g/mol. The number of piperidine rings is 1. The van der Waals surface area contributed by atoms with E-state index in [1.165, 1.54) is 5.56 Å². The van der Waals surface area contributed by atoms with Gasteiger partial charge in [-0.2, -0.15) is 0 Å². The number of rotatable bonds is 4. The molecule has 0 spiro atoms. The van der Waals surface area contributed by atoms with Crippen LogP contribution in [0.4, 0.5) is 5.82 Å². The first-order chi connectivity index (χ1) is 16.5. The first kappa shape index (κ1) is 21.9. The van der Waals surface area contributed by atoms with Gasteiger partial charge in [0, 0.05) is 55.1 Å². The smallest absolute Gasteiger partial charge is 0.253 e. The van der Waals surface area contributed by atoms with Crippen LogP contribution in [0.3, 0.4) is 0 Å². The molecule has 0 unspecified atom stereocenters. The minimum atomic E-state index is -0.130. The first-order valence-corrected chi connectivity index (χ1v) is 11.7. The summed E-state index contributed by atoms with van der Waals surface area (Å²) in [6, 6.07) is 19.7. The van der Waals surface area contributed by atoms with Crippen molar-refractivity contribution < 1.29 is 9.59 Å². The number of benzene rings is 2. The van der Waals surface area contributed by atoms with E-state index in [1.807, 2.05) is 48.3 Å². The second-order valence-corrected chi connectivity index (χ2v) is 9.07.